The number of carbonyl (C=O) groups is 4. The molecule has 1 aliphatic carbocycles. The SMILES string of the molecule is C#Cc1ccc(C(C(=O)Nc2ccccc2C)N(C(=O)C(CC(N)=O)NC(=O)OC(C)(C)C)C2CC2)cc1. The van der Waals surface area contributed by atoms with Crippen LogP contribution in [0.3, 0.4) is 0 Å². The zero-order valence-electron chi connectivity index (χ0n) is 22.1. The quantitative estimate of drug-likeness (QED) is 0.438. The second-order valence-electron chi connectivity index (χ2n) is 10.3. The molecule has 2 aromatic rings. The third-order valence-electron chi connectivity index (χ3n) is 5.91. The molecule has 0 heterocycles. The Balaban J connectivity index is 2.01. The van der Waals surface area contributed by atoms with Gasteiger partial charge < -0.3 is 26.0 Å². The van der Waals surface area contributed by atoms with Gasteiger partial charge in [0.2, 0.25) is 11.8 Å². The molecule has 1 fully saturated rings. The average Bonchev–Trinajstić information content (AvgIpc) is 3.67. The number of primary amides is 1. The first kappa shape index (κ1) is 28.3. The number of benzene rings is 2. The molecule has 9 nitrogen and oxygen atoms in total. The zero-order valence-corrected chi connectivity index (χ0v) is 22.1. The molecule has 3 rings (SSSR count). The van der Waals surface area contributed by atoms with E-state index in [4.69, 9.17) is 16.9 Å². The van der Waals surface area contributed by atoms with E-state index in [2.05, 4.69) is 16.6 Å². The lowest BCUT2D eigenvalue weighted by Gasteiger charge is -2.34. The van der Waals surface area contributed by atoms with E-state index in [1.54, 1.807) is 57.2 Å². The lowest BCUT2D eigenvalue weighted by atomic mass is 10.00. The minimum absolute atomic E-state index is 0.266. The van der Waals surface area contributed by atoms with E-state index >= 15 is 0 Å². The van der Waals surface area contributed by atoms with Crippen LogP contribution >= 0.6 is 0 Å². The highest BCUT2D eigenvalue weighted by atomic mass is 16.6. The highest BCUT2D eigenvalue weighted by Gasteiger charge is 2.44. The van der Waals surface area contributed by atoms with Gasteiger partial charge in [0.1, 0.15) is 17.7 Å². The maximum atomic E-state index is 14.0. The molecule has 4 N–H and O–H groups in total. The molecule has 0 bridgehead atoms. The van der Waals surface area contributed by atoms with Crippen molar-refractivity contribution in [3.05, 3.63) is 65.2 Å². The fourth-order valence-corrected chi connectivity index (χ4v) is 4.02. The van der Waals surface area contributed by atoms with E-state index in [0.717, 1.165) is 5.56 Å². The van der Waals surface area contributed by atoms with E-state index in [-0.39, 0.29) is 6.04 Å². The number of amides is 4. The Morgan fingerprint density at radius 3 is 2.26 bits per heavy atom. The number of nitrogens with two attached hydrogens (primary N) is 1. The molecule has 200 valence electrons. The number of para-hydroxylation sites is 1. The maximum absolute atomic E-state index is 14.0. The van der Waals surface area contributed by atoms with Crippen molar-refractivity contribution < 1.29 is 23.9 Å². The van der Waals surface area contributed by atoms with Crippen molar-refractivity contribution in [3.63, 3.8) is 0 Å². The van der Waals surface area contributed by atoms with Crippen LogP contribution in [-0.4, -0.2) is 46.4 Å². The van der Waals surface area contributed by atoms with Crippen LogP contribution in [0.4, 0.5) is 10.5 Å². The van der Waals surface area contributed by atoms with Crippen LogP contribution in [-0.2, 0) is 19.1 Å². The van der Waals surface area contributed by atoms with E-state index < -0.39 is 47.9 Å². The Labute approximate surface area is 223 Å². The highest BCUT2D eigenvalue weighted by Crippen LogP contribution is 2.36. The number of nitrogens with zero attached hydrogens (tertiary/aromatic N) is 1. The van der Waals surface area contributed by atoms with Gasteiger partial charge in [-0.05, 0) is 69.9 Å². The molecule has 2 unspecified atom stereocenters. The summed E-state index contributed by atoms with van der Waals surface area (Å²) in [6.07, 6.45) is 5.51. The Hall–Kier alpha value is -4.32. The maximum Gasteiger partial charge on any atom is 0.408 e. The summed E-state index contributed by atoms with van der Waals surface area (Å²) in [4.78, 5) is 53.6. The molecule has 0 saturated heterocycles. The number of alkyl carbamates (subject to hydrolysis) is 1. The van der Waals surface area contributed by atoms with Crippen molar-refractivity contribution in [2.75, 3.05) is 5.32 Å². The van der Waals surface area contributed by atoms with Crippen LogP contribution < -0.4 is 16.4 Å². The number of hydrogen-bond acceptors (Lipinski definition) is 5. The highest BCUT2D eigenvalue weighted by molar-refractivity contribution is 6.00. The number of carbonyl (C=O) groups excluding carboxylic acids is 4. The number of terminal acetylenes is 1. The number of hydrogen-bond donors (Lipinski definition) is 3. The number of anilines is 1. The van der Waals surface area contributed by atoms with Gasteiger partial charge in [-0.1, -0.05) is 36.3 Å². The summed E-state index contributed by atoms with van der Waals surface area (Å²) < 4.78 is 5.30. The van der Waals surface area contributed by atoms with Crippen molar-refractivity contribution in [2.24, 2.45) is 5.73 Å². The minimum atomic E-state index is -1.32. The van der Waals surface area contributed by atoms with Crippen molar-refractivity contribution in [1.29, 1.82) is 0 Å². The van der Waals surface area contributed by atoms with Crippen molar-refractivity contribution in [3.8, 4) is 12.3 Å². The number of aryl methyl sites for hydroxylation is 1. The van der Waals surface area contributed by atoms with Crippen molar-refractivity contribution in [1.82, 2.24) is 10.2 Å². The molecular formula is C29H34N4O5. The summed E-state index contributed by atoms with van der Waals surface area (Å²) in [5, 5.41) is 5.41. The number of ether oxygens (including phenoxy) is 1. The zero-order chi connectivity index (χ0) is 28.0. The minimum Gasteiger partial charge on any atom is -0.444 e. The van der Waals surface area contributed by atoms with Crippen LogP contribution in [0, 0.1) is 19.3 Å². The smallest absolute Gasteiger partial charge is 0.408 e. The summed E-state index contributed by atoms with van der Waals surface area (Å²) in [6, 6.07) is 11.4. The van der Waals surface area contributed by atoms with Gasteiger partial charge in [-0.2, -0.15) is 0 Å². The van der Waals surface area contributed by atoms with E-state index in [0.29, 0.717) is 29.7 Å². The largest absolute Gasteiger partial charge is 0.444 e. The van der Waals surface area contributed by atoms with Crippen molar-refractivity contribution in [2.45, 2.75) is 70.7 Å². The van der Waals surface area contributed by atoms with Crippen LogP contribution in [0.5, 0.6) is 0 Å². The molecule has 38 heavy (non-hydrogen) atoms. The van der Waals surface area contributed by atoms with Gasteiger partial charge in [0.15, 0.2) is 0 Å². The normalized spacial score (nSPS) is 14.4. The molecule has 4 amide bonds. The van der Waals surface area contributed by atoms with E-state index in [9.17, 15) is 19.2 Å². The molecule has 9 heteroatoms. The van der Waals surface area contributed by atoms with Gasteiger partial charge in [0, 0.05) is 17.3 Å². The monoisotopic (exact) mass is 518 g/mol. The molecule has 0 radical (unpaired) electrons. The first-order valence-electron chi connectivity index (χ1n) is 12.4. The third kappa shape index (κ3) is 7.59. The Morgan fingerprint density at radius 1 is 1.11 bits per heavy atom. The second-order valence-corrected chi connectivity index (χ2v) is 10.3. The van der Waals surface area contributed by atoms with E-state index in [1.807, 2.05) is 19.1 Å². The molecule has 0 aliphatic heterocycles. The molecular weight excluding hydrogens is 484 g/mol. The third-order valence-corrected chi connectivity index (χ3v) is 5.91. The Kier molecular flexibility index (Phi) is 8.79. The predicted molar refractivity (Wildman–Crippen MR) is 144 cm³/mol. The number of rotatable bonds is 9. The fraction of sp³-hybridized carbons (Fsp3) is 0.379. The fourth-order valence-electron chi connectivity index (χ4n) is 4.02. The first-order valence-corrected chi connectivity index (χ1v) is 12.4. The summed E-state index contributed by atoms with van der Waals surface area (Å²) in [6.45, 7) is 6.91. The molecule has 2 aromatic carbocycles. The predicted octanol–water partition coefficient (Wildman–Crippen LogP) is 3.42. The standard InChI is InChI=1S/C29H34N4O5/c1-6-19-11-13-20(14-12-19)25(26(35)31-22-10-8-7-9-18(22)2)33(21-15-16-21)27(36)23(17-24(30)34)32-28(37)38-29(3,4)5/h1,7-14,21,23,25H,15-17H2,2-5H3,(H2,30,34)(H,31,35)(H,32,37). The van der Waals surface area contributed by atoms with Crippen LogP contribution in [0.1, 0.15) is 62.8 Å². The molecule has 1 aliphatic rings. The summed E-state index contributed by atoms with van der Waals surface area (Å²) in [5.74, 6) is 0.710. The van der Waals surface area contributed by atoms with Gasteiger partial charge in [-0.3, -0.25) is 14.4 Å². The Bertz CT molecular complexity index is 1240. The van der Waals surface area contributed by atoms with Gasteiger partial charge in [0.05, 0.1) is 6.42 Å². The van der Waals surface area contributed by atoms with Gasteiger partial charge >= 0.3 is 6.09 Å². The van der Waals surface area contributed by atoms with Gasteiger partial charge in [0.25, 0.3) is 5.91 Å². The second kappa shape index (κ2) is 11.8. The summed E-state index contributed by atoms with van der Waals surface area (Å²) in [7, 11) is 0. The molecule has 2 atom stereocenters. The molecule has 0 spiro atoms. The first-order chi connectivity index (χ1) is 17.9. The average molecular weight is 519 g/mol. The van der Waals surface area contributed by atoms with Crippen LogP contribution in [0.15, 0.2) is 48.5 Å². The van der Waals surface area contributed by atoms with Gasteiger partial charge in [-0.15, -0.1) is 6.42 Å². The van der Waals surface area contributed by atoms with E-state index in [1.165, 1.54) is 4.90 Å². The topological polar surface area (TPSA) is 131 Å². The molecule has 1 saturated carbocycles. The Morgan fingerprint density at radius 2 is 1.74 bits per heavy atom. The number of nitrogens with one attached hydrogen (secondary N) is 2. The van der Waals surface area contributed by atoms with Crippen molar-refractivity contribution >= 4 is 29.5 Å². The van der Waals surface area contributed by atoms with Crippen LogP contribution in [0.2, 0.25) is 0 Å². The van der Waals surface area contributed by atoms with Gasteiger partial charge in [-0.25, -0.2) is 4.79 Å². The lowest BCUT2D eigenvalue weighted by molar-refractivity contribution is -0.142. The molecule has 0 aromatic heterocycles. The lowest BCUT2D eigenvalue weighted by Crippen LogP contribution is -2.54. The summed E-state index contributed by atoms with van der Waals surface area (Å²) >= 11 is 0. The van der Waals surface area contributed by atoms with Crippen LogP contribution in [0.25, 0.3) is 0 Å². The summed E-state index contributed by atoms with van der Waals surface area (Å²) in [5.41, 5.74) is 7.21.